The SMILES string of the molecule is CC(C)C1C(=O)N(CC(=O)[C@@](N)(Cc2ccccc2)C(=O)C2=NC3(CCCC3)CO2)C(c2ccccc2)=CN1C(=O)c1ccccc1. The van der Waals surface area contributed by atoms with Crippen molar-refractivity contribution in [2.75, 3.05) is 13.2 Å². The predicted molar refractivity (Wildman–Crippen MR) is 179 cm³/mol. The second kappa shape index (κ2) is 13.1. The summed E-state index contributed by atoms with van der Waals surface area (Å²) in [7, 11) is 0. The lowest BCUT2D eigenvalue weighted by Crippen LogP contribution is -2.63. The Bertz CT molecular complexity index is 1710. The molecule has 0 bridgehead atoms. The molecule has 1 aliphatic carbocycles. The fraction of sp³-hybridized carbons (Fsp3) is 0.342. The van der Waals surface area contributed by atoms with Crippen LogP contribution in [0.5, 0.6) is 0 Å². The molecule has 2 amide bonds. The van der Waals surface area contributed by atoms with Gasteiger partial charge in [-0.3, -0.25) is 19.2 Å². The fourth-order valence-corrected chi connectivity index (χ4v) is 6.79. The van der Waals surface area contributed by atoms with Crippen LogP contribution in [-0.4, -0.2) is 69.3 Å². The lowest BCUT2D eigenvalue weighted by atomic mass is 9.82. The molecule has 242 valence electrons. The van der Waals surface area contributed by atoms with Crippen LogP contribution in [0.15, 0.2) is 102 Å². The van der Waals surface area contributed by atoms with Crippen molar-refractivity contribution in [1.29, 1.82) is 0 Å². The van der Waals surface area contributed by atoms with Crippen LogP contribution in [0.3, 0.4) is 0 Å². The Morgan fingerprint density at radius 2 is 1.53 bits per heavy atom. The largest absolute Gasteiger partial charge is 0.473 e. The minimum atomic E-state index is -2.06. The molecule has 0 aromatic heterocycles. The van der Waals surface area contributed by atoms with Crippen molar-refractivity contribution < 1.29 is 23.9 Å². The van der Waals surface area contributed by atoms with Gasteiger partial charge in [0.1, 0.15) is 18.2 Å². The highest BCUT2D eigenvalue weighted by Crippen LogP contribution is 2.38. The van der Waals surface area contributed by atoms with E-state index in [-0.39, 0.29) is 30.8 Å². The van der Waals surface area contributed by atoms with E-state index in [4.69, 9.17) is 15.5 Å². The molecule has 6 rings (SSSR count). The van der Waals surface area contributed by atoms with Gasteiger partial charge in [-0.1, -0.05) is 106 Å². The molecule has 0 saturated heterocycles. The van der Waals surface area contributed by atoms with Crippen LogP contribution in [0.1, 0.15) is 61.0 Å². The number of ether oxygens (including phenoxy) is 1. The summed E-state index contributed by atoms with van der Waals surface area (Å²) in [6.07, 6.45) is 5.16. The number of benzene rings is 3. The summed E-state index contributed by atoms with van der Waals surface area (Å²) in [6.45, 7) is 3.52. The number of ketones is 2. The molecule has 3 aliphatic rings. The average Bonchev–Trinajstić information content (AvgIpc) is 3.74. The fourth-order valence-electron chi connectivity index (χ4n) is 6.79. The van der Waals surface area contributed by atoms with Crippen LogP contribution in [0.25, 0.3) is 5.70 Å². The van der Waals surface area contributed by atoms with E-state index in [2.05, 4.69) is 0 Å². The molecule has 9 heteroatoms. The Balaban J connectivity index is 1.40. The number of Topliss-reactive ketones (excluding diaryl/α,β-unsaturated/α-hetero) is 2. The minimum Gasteiger partial charge on any atom is -0.473 e. The second-order valence-electron chi connectivity index (χ2n) is 13.1. The predicted octanol–water partition coefficient (Wildman–Crippen LogP) is 4.81. The Morgan fingerprint density at radius 1 is 0.936 bits per heavy atom. The molecule has 1 fully saturated rings. The minimum absolute atomic E-state index is 0.0977. The van der Waals surface area contributed by atoms with Gasteiger partial charge < -0.3 is 20.3 Å². The second-order valence-corrected chi connectivity index (χ2v) is 13.1. The van der Waals surface area contributed by atoms with Gasteiger partial charge in [-0.2, -0.15) is 0 Å². The van der Waals surface area contributed by atoms with Crippen LogP contribution >= 0.6 is 0 Å². The molecular weight excluding hydrogens is 592 g/mol. The number of aliphatic imine (C=N–C) groups is 1. The lowest BCUT2D eigenvalue weighted by Gasteiger charge is -2.42. The summed E-state index contributed by atoms with van der Waals surface area (Å²) in [5.74, 6) is -2.52. The first-order valence-electron chi connectivity index (χ1n) is 16.2. The number of amides is 2. The number of hydrogen-bond acceptors (Lipinski definition) is 7. The van der Waals surface area contributed by atoms with Gasteiger partial charge in [0.05, 0.1) is 17.8 Å². The van der Waals surface area contributed by atoms with Crippen molar-refractivity contribution in [2.24, 2.45) is 16.6 Å². The van der Waals surface area contributed by atoms with Gasteiger partial charge in [0.15, 0.2) is 5.78 Å². The molecule has 1 spiro atoms. The summed E-state index contributed by atoms with van der Waals surface area (Å²) >= 11 is 0. The Kier molecular flexibility index (Phi) is 8.92. The highest BCUT2D eigenvalue weighted by Gasteiger charge is 2.51. The molecule has 3 aromatic rings. The molecule has 2 N–H and O–H groups in total. The van der Waals surface area contributed by atoms with Gasteiger partial charge in [0.2, 0.25) is 5.78 Å². The van der Waals surface area contributed by atoms with Crippen molar-refractivity contribution in [1.82, 2.24) is 9.80 Å². The molecule has 47 heavy (non-hydrogen) atoms. The zero-order chi connectivity index (χ0) is 33.2. The quantitative estimate of drug-likeness (QED) is 0.320. The Labute approximate surface area is 275 Å². The molecule has 2 aliphatic heterocycles. The van der Waals surface area contributed by atoms with Crippen molar-refractivity contribution in [3.63, 3.8) is 0 Å². The summed E-state index contributed by atoms with van der Waals surface area (Å²) in [5, 5.41) is 0. The van der Waals surface area contributed by atoms with Gasteiger partial charge in [-0.25, -0.2) is 4.99 Å². The first-order valence-corrected chi connectivity index (χ1v) is 16.2. The van der Waals surface area contributed by atoms with E-state index in [0.717, 1.165) is 25.7 Å². The number of hydrogen-bond donors (Lipinski definition) is 1. The summed E-state index contributed by atoms with van der Waals surface area (Å²) in [6, 6.07) is 26.1. The Morgan fingerprint density at radius 3 is 2.15 bits per heavy atom. The van der Waals surface area contributed by atoms with Crippen molar-refractivity contribution in [3.05, 3.63) is 114 Å². The van der Waals surface area contributed by atoms with Gasteiger partial charge in [-0.15, -0.1) is 0 Å². The molecule has 2 heterocycles. The van der Waals surface area contributed by atoms with E-state index in [0.29, 0.717) is 22.4 Å². The van der Waals surface area contributed by atoms with Crippen LogP contribution in [0.2, 0.25) is 0 Å². The smallest absolute Gasteiger partial charge is 0.258 e. The molecule has 3 aromatic carbocycles. The maximum absolute atomic E-state index is 14.5. The molecule has 1 unspecified atom stereocenters. The van der Waals surface area contributed by atoms with E-state index < -0.39 is 41.1 Å². The first-order chi connectivity index (χ1) is 22.6. The van der Waals surface area contributed by atoms with E-state index in [1.165, 1.54) is 9.80 Å². The van der Waals surface area contributed by atoms with Crippen LogP contribution in [-0.2, 0) is 25.5 Å². The summed E-state index contributed by atoms with van der Waals surface area (Å²) in [4.78, 5) is 64.6. The zero-order valence-corrected chi connectivity index (χ0v) is 26.8. The third-order valence-electron chi connectivity index (χ3n) is 9.40. The van der Waals surface area contributed by atoms with Crippen molar-refractivity contribution in [2.45, 2.75) is 63.1 Å². The monoisotopic (exact) mass is 632 g/mol. The van der Waals surface area contributed by atoms with E-state index in [1.54, 1.807) is 42.6 Å². The first kappa shape index (κ1) is 32.1. The van der Waals surface area contributed by atoms with Gasteiger partial charge >= 0.3 is 0 Å². The summed E-state index contributed by atoms with van der Waals surface area (Å²) in [5.41, 5.74) is 6.50. The number of nitrogens with zero attached hydrogens (tertiary/aromatic N) is 3. The number of carbonyl (C=O) groups is 4. The standard InChI is InChI=1S/C38H40N4O5/c1-26(2)32-36(46)41(30(28-16-8-4-9-17-28)23-42(32)35(45)29-18-10-5-11-19-29)24-31(43)38(39,22-27-14-6-3-7-15-27)33(44)34-40-37(25-47-34)20-12-13-21-37/h3-11,14-19,23,26,32H,12-13,20-22,24-25,39H2,1-2H3/t32?,38-/m0/s1. The lowest BCUT2D eigenvalue weighted by molar-refractivity contribution is -0.140. The van der Waals surface area contributed by atoms with Gasteiger partial charge in [-0.05, 0) is 42.0 Å². The molecule has 0 radical (unpaired) electrons. The molecule has 2 atom stereocenters. The number of carbonyl (C=O) groups excluding carboxylic acids is 4. The zero-order valence-electron chi connectivity index (χ0n) is 26.8. The van der Waals surface area contributed by atoms with E-state index in [9.17, 15) is 19.2 Å². The third-order valence-corrected chi connectivity index (χ3v) is 9.40. The van der Waals surface area contributed by atoms with Crippen LogP contribution < -0.4 is 5.73 Å². The maximum atomic E-state index is 14.5. The van der Waals surface area contributed by atoms with Crippen molar-refractivity contribution in [3.8, 4) is 0 Å². The van der Waals surface area contributed by atoms with Crippen molar-refractivity contribution >= 4 is 35.0 Å². The van der Waals surface area contributed by atoms with Crippen LogP contribution in [0, 0.1) is 5.92 Å². The highest BCUT2D eigenvalue weighted by molar-refractivity contribution is 6.45. The van der Waals surface area contributed by atoms with Gasteiger partial charge in [0, 0.05) is 18.2 Å². The van der Waals surface area contributed by atoms with Crippen LogP contribution in [0.4, 0.5) is 0 Å². The topological polar surface area (TPSA) is 122 Å². The highest BCUT2D eigenvalue weighted by atomic mass is 16.5. The number of nitrogens with two attached hydrogens (primary N) is 1. The maximum Gasteiger partial charge on any atom is 0.258 e. The van der Waals surface area contributed by atoms with Gasteiger partial charge in [0.25, 0.3) is 17.7 Å². The number of rotatable bonds is 10. The molecule has 9 nitrogen and oxygen atoms in total. The Hall–Kier alpha value is -4.89. The third kappa shape index (κ3) is 6.27. The molecular formula is C38H40N4O5. The summed E-state index contributed by atoms with van der Waals surface area (Å²) < 4.78 is 5.85. The van der Waals surface area contributed by atoms with E-state index in [1.807, 2.05) is 68.4 Å². The normalized spacial score (nSPS) is 20.1. The average molecular weight is 633 g/mol. The van der Waals surface area contributed by atoms with E-state index >= 15 is 0 Å². The molecule has 1 saturated carbocycles.